The van der Waals surface area contributed by atoms with Crippen molar-refractivity contribution >= 4 is 30.8 Å². The van der Waals surface area contributed by atoms with Crippen LogP contribution in [0.3, 0.4) is 0 Å². The average Bonchev–Trinajstić information content (AvgIpc) is 2.21. The molecule has 0 radical (unpaired) electrons. The first kappa shape index (κ1) is 22.9. The van der Waals surface area contributed by atoms with Gasteiger partial charge in [-0.25, -0.2) is 4.79 Å². The fourth-order valence-corrected chi connectivity index (χ4v) is 1.54. The van der Waals surface area contributed by atoms with E-state index in [2.05, 4.69) is 10.6 Å². The summed E-state index contributed by atoms with van der Waals surface area (Å²) in [7, 11) is 7.82. The summed E-state index contributed by atoms with van der Waals surface area (Å²) >= 11 is 0. The third-order valence-corrected chi connectivity index (χ3v) is 2.62. The SMILES string of the molecule is CCC(NC(=O)NC(CC)N(C)C)N(C)C.Cl.Cl. The lowest BCUT2D eigenvalue weighted by molar-refractivity contribution is 0.186. The highest BCUT2D eigenvalue weighted by molar-refractivity contribution is 5.85. The summed E-state index contributed by atoms with van der Waals surface area (Å²) in [6.07, 6.45) is 1.94. The molecule has 5 nitrogen and oxygen atoms in total. The highest BCUT2D eigenvalue weighted by Crippen LogP contribution is 1.97. The quantitative estimate of drug-likeness (QED) is 0.735. The van der Waals surface area contributed by atoms with Gasteiger partial charge in [-0.15, -0.1) is 24.8 Å². The van der Waals surface area contributed by atoms with Gasteiger partial charge in [0.05, 0.1) is 12.3 Å². The van der Waals surface area contributed by atoms with Gasteiger partial charge in [-0.2, -0.15) is 0 Å². The number of amides is 2. The van der Waals surface area contributed by atoms with Gasteiger partial charge >= 0.3 is 6.03 Å². The monoisotopic (exact) mass is 302 g/mol. The molecule has 0 aliphatic heterocycles. The van der Waals surface area contributed by atoms with Gasteiger partial charge in [0.15, 0.2) is 0 Å². The van der Waals surface area contributed by atoms with Gasteiger partial charge in [-0.05, 0) is 41.0 Å². The predicted molar refractivity (Wildman–Crippen MR) is 81.7 cm³/mol. The summed E-state index contributed by atoms with van der Waals surface area (Å²) in [5.74, 6) is 0. The number of nitrogens with zero attached hydrogens (tertiary/aromatic N) is 2. The zero-order valence-electron chi connectivity index (χ0n) is 12.2. The lowest BCUT2D eigenvalue weighted by atomic mass is 10.3. The van der Waals surface area contributed by atoms with Gasteiger partial charge in [0, 0.05) is 0 Å². The molecule has 0 saturated heterocycles. The van der Waals surface area contributed by atoms with E-state index in [1.54, 1.807) is 0 Å². The highest BCUT2D eigenvalue weighted by Gasteiger charge is 2.15. The number of carbonyl (C=O) groups is 1. The molecule has 2 unspecified atom stereocenters. The molecule has 2 amide bonds. The molecule has 0 bridgehead atoms. The van der Waals surface area contributed by atoms with Crippen LogP contribution in [0.4, 0.5) is 4.79 Å². The van der Waals surface area contributed by atoms with Crippen molar-refractivity contribution in [1.29, 1.82) is 0 Å². The van der Waals surface area contributed by atoms with Gasteiger partial charge in [0.1, 0.15) is 0 Å². The molecule has 18 heavy (non-hydrogen) atoms. The number of nitrogens with one attached hydrogen (secondary N) is 2. The van der Waals surface area contributed by atoms with Gasteiger partial charge < -0.3 is 10.6 Å². The number of hydrogen-bond acceptors (Lipinski definition) is 3. The molecule has 2 N–H and O–H groups in total. The maximum absolute atomic E-state index is 11.7. The van der Waals surface area contributed by atoms with E-state index < -0.39 is 0 Å². The van der Waals surface area contributed by atoms with E-state index in [1.807, 2.05) is 51.8 Å². The van der Waals surface area contributed by atoms with Crippen LogP contribution < -0.4 is 10.6 Å². The molecule has 0 aromatic carbocycles. The molecule has 0 fully saturated rings. The smallest absolute Gasteiger partial charge is 0.317 e. The summed E-state index contributed by atoms with van der Waals surface area (Å²) < 4.78 is 0. The molecular formula is C11H28Cl2N4O. The number of halogens is 2. The molecule has 0 aromatic heterocycles. The maximum atomic E-state index is 11.7. The van der Waals surface area contributed by atoms with Crippen molar-refractivity contribution in [3.05, 3.63) is 0 Å². The van der Waals surface area contributed by atoms with Crippen molar-refractivity contribution in [3.63, 3.8) is 0 Å². The van der Waals surface area contributed by atoms with Crippen LogP contribution in [-0.2, 0) is 0 Å². The van der Waals surface area contributed by atoms with E-state index in [4.69, 9.17) is 0 Å². The Bertz CT molecular complexity index is 195. The first-order chi connectivity index (χ1) is 7.42. The Morgan fingerprint density at radius 3 is 1.33 bits per heavy atom. The molecule has 0 rings (SSSR count). The zero-order valence-corrected chi connectivity index (χ0v) is 13.8. The predicted octanol–water partition coefficient (Wildman–Crippen LogP) is 1.72. The first-order valence-electron chi connectivity index (χ1n) is 5.82. The number of hydrogen-bond donors (Lipinski definition) is 2. The van der Waals surface area contributed by atoms with Crippen molar-refractivity contribution in [2.24, 2.45) is 0 Å². The molecule has 0 aliphatic rings. The third kappa shape index (κ3) is 8.80. The Hall–Kier alpha value is -0.230. The van der Waals surface area contributed by atoms with E-state index in [9.17, 15) is 4.79 Å². The summed E-state index contributed by atoms with van der Waals surface area (Å²) in [6.45, 7) is 4.10. The maximum Gasteiger partial charge on any atom is 0.317 e. The molecule has 112 valence electrons. The van der Waals surface area contributed by atoms with E-state index in [0.717, 1.165) is 12.8 Å². The van der Waals surface area contributed by atoms with Crippen molar-refractivity contribution in [1.82, 2.24) is 20.4 Å². The van der Waals surface area contributed by atoms with Crippen LogP contribution in [0.1, 0.15) is 26.7 Å². The molecule has 2 atom stereocenters. The van der Waals surface area contributed by atoms with Gasteiger partial charge in [-0.1, -0.05) is 13.8 Å². The highest BCUT2D eigenvalue weighted by atomic mass is 35.5. The lowest BCUT2D eigenvalue weighted by Gasteiger charge is -2.28. The molecule has 0 spiro atoms. The van der Waals surface area contributed by atoms with E-state index in [1.165, 1.54) is 0 Å². The normalized spacial score (nSPS) is 13.3. The van der Waals surface area contributed by atoms with Crippen molar-refractivity contribution < 1.29 is 4.79 Å². The van der Waals surface area contributed by atoms with Crippen molar-refractivity contribution in [2.45, 2.75) is 39.0 Å². The van der Waals surface area contributed by atoms with Crippen LogP contribution >= 0.6 is 24.8 Å². The lowest BCUT2D eigenvalue weighted by Crippen LogP contribution is -2.53. The Morgan fingerprint density at radius 2 is 1.17 bits per heavy atom. The van der Waals surface area contributed by atoms with Gasteiger partial charge in [0.2, 0.25) is 0 Å². The number of urea groups is 1. The van der Waals surface area contributed by atoms with Crippen LogP contribution in [0.15, 0.2) is 0 Å². The minimum atomic E-state index is -0.110. The molecular weight excluding hydrogens is 275 g/mol. The summed E-state index contributed by atoms with van der Waals surface area (Å²) in [4.78, 5) is 15.7. The Balaban J connectivity index is -0.00000112. The Morgan fingerprint density at radius 1 is 0.889 bits per heavy atom. The van der Waals surface area contributed by atoms with E-state index in [0.29, 0.717) is 0 Å². The second-order valence-electron chi connectivity index (χ2n) is 4.39. The van der Waals surface area contributed by atoms with Crippen LogP contribution in [-0.4, -0.2) is 56.4 Å². The van der Waals surface area contributed by atoms with Crippen LogP contribution in [0.2, 0.25) is 0 Å². The fraction of sp³-hybridized carbons (Fsp3) is 0.909. The minimum Gasteiger partial charge on any atom is -0.323 e. The topological polar surface area (TPSA) is 47.6 Å². The van der Waals surface area contributed by atoms with E-state index >= 15 is 0 Å². The van der Waals surface area contributed by atoms with Gasteiger partial charge in [0.25, 0.3) is 0 Å². The van der Waals surface area contributed by atoms with Gasteiger partial charge in [-0.3, -0.25) is 9.80 Å². The molecule has 0 aliphatic carbocycles. The average molecular weight is 303 g/mol. The standard InChI is InChI=1S/C11H26N4O.2ClH/c1-7-9(14(3)4)12-11(16)13-10(8-2)15(5)6;;/h9-10H,7-8H2,1-6H3,(H2,12,13,16);2*1H. The summed E-state index contributed by atoms with van der Waals surface area (Å²) in [5, 5.41) is 5.87. The van der Waals surface area contributed by atoms with E-state index in [-0.39, 0.29) is 43.2 Å². The summed E-state index contributed by atoms with van der Waals surface area (Å²) in [5.41, 5.74) is 0. The minimum absolute atomic E-state index is 0. The molecule has 7 heteroatoms. The second kappa shape index (κ2) is 11.8. The number of carbonyl (C=O) groups excluding carboxylic acids is 1. The summed E-state index contributed by atoms with van der Waals surface area (Å²) in [6, 6.07) is -0.110. The second-order valence-corrected chi connectivity index (χ2v) is 4.39. The fourth-order valence-electron chi connectivity index (χ4n) is 1.54. The molecule has 0 aromatic rings. The zero-order chi connectivity index (χ0) is 12.7. The largest absolute Gasteiger partial charge is 0.323 e. The molecule has 0 saturated carbocycles. The van der Waals surface area contributed by atoms with Crippen LogP contribution in [0, 0.1) is 0 Å². The van der Waals surface area contributed by atoms with Crippen LogP contribution in [0.5, 0.6) is 0 Å². The van der Waals surface area contributed by atoms with Crippen LogP contribution in [0.25, 0.3) is 0 Å². The van der Waals surface area contributed by atoms with Crippen molar-refractivity contribution in [2.75, 3.05) is 28.2 Å². The third-order valence-electron chi connectivity index (χ3n) is 2.62. The first-order valence-corrected chi connectivity index (χ1v) is 5.82. The molecule has 0 heterocycles. The number of rotatable bonds is 6. The Labute approximate surface area is 123 Å². The van der Waals surface area contributed by atoms with Crippen molar-refractivity contribution in [3.8, 4) is 0 Å². The Kier molecular flexibility index (Phi) is 15.1.